The minimum absolute atomic E-state index is 0.327. The Morgan fingerprint density at radius 2 is 2.27 bits per heavy atom. The summed E-state index contributed by atoms with van der Waals surface area (Å²) in [5.41, 5.74) is 0. The molecule has 0 unspecified atom stereocenters. The van der Waals surface area contributed by atoms with Gasteiger partial charge in [-0.1, -0.05) is 11.6 Å². The van der Waals surface area contributed by atoms with E-state index < -0.39 is 0 Å². The average Bonchev–Trinajstić information content (AvgIpc) is 1.85. The molecule has 3 nitrogen and oxygen atoms in total. The molecule has 0 aliphatic carbocycles. The quantitative estimate of drug-likeness (QED) is 0.692. The van der Waals surface area contributed by atoms with E-state index >= 15 is 0 Å². The predicted octanol–water partition coefficient (Wildman–Crippen LogP) is 1.95. The molecular weight excluding hydrogens is 162 g/mol. The van der Waals surface area contributed by atoms with E-state index in [4.69, 9.17) is 11.6 Å². The fourth-order valence-electron chi connectivity index (χ4n) is 0.664. The van der Waals surface area contributed by atoms with Crippen LogP contribution in [0.1, 0.15) is 13.8 Å². The second-order valence-electron chi connectivity index (χ2n) is 2.50. The molecular formula is C7H10ClN3. The van der Waals surface area contributed by atoms with Gasteiger partial charge in [0.15, 0.2) is 0 Å². The Kier molecular flexibility index (Phi) is 2.65. The van der Waals surface area contributed by atoms with Crippen molar-refractivity contribution in [1.82, 2.24) is 9.97 Å². The van der Waals surface area contributed by atoms with Crippen molar-refractivity contribution in [1.29, 1.82) is 0 Å². The number of nitrogens with zero attached hydrogens (tertiary/aromatic N) is 2. The molecule has 0 amide bonds. The number of halogens is 1. The zero-order valence-corrected chi connectivity index (χ0v) is 7.26. The molecule has 0 aliphatic rings. The molecule has 11 heavy (non-hydrogen) atoms. The second-order valence-corrected chi connectivity index (χ2v) is 2.89. The van der Waals surface area contributed by atoms with Crippen molar-refractivity contribution in [3.05, 3.63) is 17.4 Å². The Morgan fingerprint density at radius 1 is 1.55 bits per heavy atom. The predicted molar refractivity (Wildman–Crippen MR) is 45.8 cm³/mol. The van der Waals surface area contributed by atoms with Crippen LogP contribution in [0.25, 0.3) is 0 Å². The molecule has 1 aromatic rings. The van der Waals surface area contributed by atoms with Gasteiger partial charge in [-0.05, 0) is 19.9 Å². The maximum atomic E-state index is 5.64. The molecule has 1 N–H and O–H groups in total. The van der Waals surface area contributed by atoms with Gasteiger partial charge in [-0.15, -0.1) is 0 Å². The van der Waals surface area contributed by atoms with E-state index in [1.165, 1.54) is 0 Å². The zero-order valence-electron chi connectivity index (χ0n) is 6.50. The third-order valence-electron chi connectivity index (χ3n) is 1.04. The number of rotatable bonds is 2. The molecule has 60 valence electrons. The molecule has 0 aliphatic heterocycles. The van der Waals surface area contributed by atoms with Crippen LogP contribution in [-0.4, -0.2) is 16.0 Å². The third-order valence-corrected chi connectivity index (χ3v) is 1.25. The Morgan fingerprint density at radius 3 is 2.82 bits per heavy atom. The van der Waals surface area contributed by atoms with Crippen LogP contribution < -0.4 is 5.32 Å². The fourth-order valence-corrected chi connectivity index (χ4v) is 0.801. The molecule has 4 heteroatoms. The maximum absolute atomic E-state index is 5.64. The summed E-state index contributed by atoms with van der Waals surface area (Å²) < 4.78 is 0. The number of hydrogen-bond acceptors (Lipinski definition) is 3. The van der Waals surface area contributed by atoms with Gasteiger partial charge in [0.1, 0.15) is 5.15 Å². The highest BCUT2D eigenvalue weighted by Crippen LogP contribution is 2.05. The summed E-state index contributed by atoms with van der Waals surface area (Å²) in [7, 11) is 0. The number of nitrogens with one attached hydrogen (secondary N) is 1. The Hall–Kier alpha value is -0.830. The van der Waals surface area contributed by atoms with Crippen LogP contribution in [0, 0.1) is 0 Å². The van der Waals surface area contributed by atoms with Crippen molar-refractivity contribution in [3.8, 4) is 0 Å². The molecule has 0 fully saturated rings. The van der Waals surface area contributed by atoms with Gasteiger partial charge in [0.2, 0.25) is 5.95 Å². The number of aromatic nitrogens is 2. The topological polar surface area (TPSA) is 37.8 Å². The van der Waals surface area contributed by atoms with Crippen molar-refractivity contribution >= 4 is 17.5 Å². The molecule has 1 heterocycles. The van der Waals surface area contributed by atoms with Gasteiger partial charge in [-0.3, -0.25) is 0 Å². The minimum atomic E-state index is 0.327. The lowest BCUT2D eigenvalue weighted by atomic mass is 10.4. The molecule has 1 rings (SSSR count). The Labute approximate surface area is 70.8 Å². The molecule has 0 aromatic carbocycles. The lowest BCUT2D eigenvalue weighted by Gasteiger charge is -2.06. The molecule has 0 saturated heterocycles. The van der Waals surface area contributed by atoms with E-state index in [0.717, 1.165) is 0 Å². The normalized spacial score (nSPS) is 10.2. The second kappa shape index (κ2) is 3.53. The average molecular weight is 172 g/mol. The summed E-state index contributed by atoms with van der Waals surface area (Å²) in [6.07, 6.45) is 1.63. The van der Waals surface area contributed by atoms with Gasteiger partial charge in [0, 0.05) is 12.2 Å². The van der Waals surface area contributed by atoms with Crippen molar-refractivity contribution < 1.29 is 0 Å². The Bertz CT molecular complexity index is 237. The first-order valence-corrected chi connectivity index (χ1v) is 3.81. The van der Waals surface area contributed by atoms with Gasteiger partial charge in [-0.2, -0.15) is 0 Å². The summed E-state index contributed by atoms with van der Waals surface area (Å²) in [6, 6.07) is 1.97. The van der Waals surface area contributed by atoms with E-state index in [-0.39, 0.29) is 0 Å². The zero-order chi connectivity index (χ0) is 8.27. The highest BCUT2D eigenvalue weighted by molar-refractivity contribution is 6.29. The van der Waals surface area contributed by atoms with Gasteiger partial charge in [0.05, 0.1) is 0 Å². The van der Waals surface area contributed by atoms with Gasteiger partial charge < -0.3 is 5.32 Å². The van der Waals surface area contributed by atoms with Crippen molar-refractivity contribution in [2.75, 3.05) is 5.32 Å². The van der Waals surface area contributed by atoms with Gasteiger partial charge >= 0.3 is 0 Å². The van der Waals surface area contributed by atoms with E-state index in [2.05, 4.69) is 15.3 Å². The van der Waals surface area contributed by atoms with E-state index in [0.29, 0.717) is 17.1 Å². The van der Waals surface area contributed by atoms with E-state index in [9.17, 15) is 0 Å². The van der Waals surface area contributed by atoms with Crippen LogP contribution in [0.5, 0.6) is 0 Å². The summed E-state index contributed by atoms with van der Waals surface area (Å²) >= 11 is 5.64. The molecule has 0 atom stereocenters. The summed E-state index contributed by atoms with van der Waals surface area (Å²) in [5.74, 6) is 0.576. The minimum Gasteiger partial charge on any atom is -0.352 e. The van der Waals surface area contributed by atoms with Crippen LogP contribution in [-0.2, 0) is 0 Å². The van der Waals surface area contributed by atoms with Crippen molar-refractivity contribution in [3.63, 3.8) is 0 Å². The summed E-state index contributed by atoms with van der Waals surface area (Å²) in [4.78, 5) is 7.93. The smallest absolute Gasteiger partial charge is 0.224 e. The highest BCUT2D eigenvalue weighted by Gasteiger charge is 1.97. The largest absolute Gasteiger partial charge is 0.352 e. The van der Waals surface area contributed by atoms with E-state index in [1.54, 1.807) is 12.3 Å². The first-order valence-electron chi connectivity index (χ1n) is 3.43. The molecule has 0 radical (unpaired) electrons. The molecule has 1 aromatic heterocycles. The number of anilines is 1. The van der Waals surface area contributed by atoms with Crippen LogP contribution >= 0.6 is 11.6 Å². The fraction of sp³-hybridized carbons (Fsp3) is 0.429. The monoisotopic (exact) mass is 171 g/mol. The van der Waals surface area contributed by atoms with Crippen LogP contribution in [0.3, 0.4) is 0 Å². The first kappa shape index (κ1) is 8.27. The molecule has 0 spiro atoms. The third kappa shape index (κ3) is 2.72. The Balaban J connectivity index is 2.71. The van der Waals surface area contributed by atoms with Crippen molar-refractivity contribution in [2.24, 2.45) is 0 Å². The summed E-state index contributed by atoms with van der Waals surface area (Å²) in [5, 5.41) is 3.50. The first-order chi connectivity index (χ1) is 5.18. The van der Waals surface area contributed by atoms with Crippen LogP contribution in [0.15, 0.2) is 12.3 Å². The lowest BCUT2D eigenvalue weighted by molar-refractivity contribution is 0.874. The van der Waals surface area contributed by atoms with Crippen LogP contribution in [0.2, 0.25) is 5.15 Å². The van der Waals surface area contributed by atoms with Crippen LogP contribution in [0.4, 0.5) is 5.95 Å². The lowest BCUT2D eigenvalue weighted by Crippen LogP contribution is -2.12. The number of hydrogen-bond donors (Lipinski definition) is 1. The standard InChI is InChI=1S/C7H10ClN3/c1-5(2)10-7-9-4-3-6(8)11-7/h3-5H,1-2H3,(H,9,10,11). The summed E-state index contributed by atoms with van der Waals surface area (Å²) in [6.45, 7) is 4.04. The molecule has 0 bridgehead atoms. The van der Waals surface area contributed by atoms with Gasteiger partial charge in [-0.25, -0.2) is 9.97 Å². The molecule has 0 saturated carbocycles. The SMILES string of the molecule is CC(C)Nc1nccc(Cl)n1. The van der Waals surface area contributed by atoms with E-state index in [1.807, 2.05) is 13.8 Å². The van der Waals surface area contributed by atoms with Crippen molar-refractivity contribution in [2.45, 2.75) is 19.9 Å². The maximum Gasteiger partial charge on any atom is 0.224 e. The van der Waals surface area contributed by atoms with Gasteiger partial charge in [0.25, 0.3) is 0 Å². The highest BCUT2D eigenvalue weighted by atomic mass is 35.5.